The maximum Gasteiger partial charge on any atom is -1.00 e. The van der Waals surface area contributed by atoms with Crippen LogP contribution in [0.4, 0.5) is 0 Å². The van der Waals surface area contributed by atoms with Gasteiger partial charge in [-0.15, -0.1) is 0 Å². The van der Waals surface area contributed by atoms with E-state index in [1.165, 1.54) is 74.1 Å². The zero-order chi connectivity index (χ0) is 36.0. The number of halogens is 2. The molecule has 0 spiro atoms. The van der Waals surface area contributed by atoms with E-state index in [9.17, 15) is 0 Å². The quantitative estimate of drug-likeness (QED) is 0.171. The van der Waals surface area contributed by atoms with E-state index in [1.54, 1.807) is 20.9 Å². The molecule has 0 saturated carbocycles. The van der Waals surface area contributed by atoms with Crippen molar-refractivity contribution in [2.45, 2.75) is 99.3 Å². The third-order valence-corrected chi connectivity index (χ3v) is 21.4. The molecule has 0 fully saturated rings. The van der Waals surface area contributed by atoms with Gasteiger partial charge in [0.15, 0.2) is 0 Å². The summed E-state index contributed by atoms with van der Waals surface area (Å²) < 4.78 is 5.15. The van der Waals surface area contributed by atoms with Crippen molar-refractivity contribution in [2.24, 2.45) is 11.3 Å². The molecule has 0 N–H and O–H groups in total. The number of hydrogen-bond donors (Lipinski definition) is 0. The molecule has 0 bridgehead atoms. The Hall–Kier alpha value is -2.83. The van der Waals surface area contributed by atoms with Crippen molar-refractivity contribution < 1.29 is 46.1 Å². The van der Waals surface area contributed by atoms with Gasteiger partial charge in [0, 0.05) is 0 Å². The van der Waals surface area contributed by atoms with Crippen LogP contribution < -0.4 is 24.8 Å². The summed E-state index contributed by atoms with van der Waals surface area (Å²) in [4.78, 5) is 0. The fraction of sp³-hybridized carbons (Fsp3) is 0.340. The van der Waals surface area contributed by atoms with Crippen molar-refractivity contribution >= 4 is 14.4 Å². The van der Waals surface area contributed by atoms with Gasteiger partial charge in [0.2, 0.25) is 0 Å². The van der Waals surface area contributed by atoms with E-state index in [2.05, 4.69) is 172 Å². The van der Waals surface area contributed by atoms with Crippen LogP contribution in [0.15, 0.2) is 115 Å². The van der Waals surface area contributed by atoms with Gasteiger partial charge >= 0.3 is 317 Å². The van der Waals surface area contributed by atoms with Crippen LogP contribution >= 0.6 is 0 Å². The second-order valence-electron chi connectivity index (χ2n) is 17.8. The van der Waals surface area contributed by atoms with E-state index >= 15 is 0 Å². The zero-order valence-electron chi connectivity index (χ0n) is 33.3. The average molecular weight is 817 g/mol. The Labute approximate surface area is 339 Å². The molecule has 4 aromatic carbocycles. The summed E-state index contributed by atoms with van der Waals surface area (Å²) in [6, 6.07) is 33.2. The van der Waals surface area contributed by atoms with Gasteiger partial charge in [-0.05, 0) is 0 Å². The second kappa shape index (κ2) is 14.4. The summed E-state index contributed by atoms with van der Waals surface area (Å²) >= 11 is -2.90. The van der Waals surface area contributed by atoms with E-state index in [4.69, 9.17) is 0 Å². The number of hydrogen-bond acceptors (Lipinski definition) is 0. The summed E-state index contributed by atoms with van der Waals surface area (Å²) in [6.45, 7) is 24.2. The van der Waals surface area contributed by atoms with Crippen molar-refractivity contribution in [3.05, 3.63) is 160 Å². The van der Waals surface area contributed by atoms with Crippen LogP contribution in [0.2, 0.25) is 0 Å². The van der Waals surface area contributed by atoms with Crippen molar-refractivity contribution in [3.8, 4) is 11.1 Å². The zero-order valence-corrected chi connectivity index (χ0v) is 37.2. The van der Waals surface area contributed by atoms with Crippen molar-refractivity contribution in [1.82, 2.24) is 0 Å². The third kappa shape index (κ3) is 6.56. The van der Waals surface area contributed by atoms with Gasteiger partial charge < -0.3 is 24.8 Å². The normalized spacial score (nSPS) is 18.4. The van der Waals surface area contributed by atoms with Gasteiger partial charge in [-0.1, -0.05) is 0 Å². The van der Waals surface area contributed by atoms with Crippen LogP contribution in [-0.4, -0.2) is 3.21 Å². The molecule has 0 amide bonds. The maximum absolute atomic E-state index is 2.90. The Bertz CT molecular complexity index is 2230. The fourth-order valence-corrected chi connectivity index (χ4v) is 19.5. The summed E-state index contributed by atoms with van der Waals surface area (Å²) in [5.74, 6) is 0.500. The molecule has 272 valence electrons. The van der Waals surface area contributed by atoms with Crippen LogP contribution in [-0.2, 0) is 38.5 Å². The maximum atomic E-state index is 2.70. The molecule has 0 aliphatic heterocycles. The first-order valence-electron chi connectivity index (χ1n) is 19.3. The molecule has 0 heterocycles. The first-order chi connectivity index (χ1) is 24.2. The van der Waals surface area contributed by atoms with Crippen molar-refractivity contribution in [3.63, 3.8) is 0 Å². The molecule has 0 radical (unpaired) electrons. The van der Waals surface area contributed by atoms with Gasteiger partial charge in [-0.25, -0.2) is 0 Å². The van der Waals surface area contributed by atoms with Gasteiger partial charge in [0.05, 0.1) is 0 Å². The van der Waals surface area contributed by atoms with Gasteiger partial charge in [0.1, 0.15) is 0 Å². The Balaban J connectivity index is 0.00000240. The molecule has 0 saturated heterocycles. The van der Waals surface area contributed by atoms with Crippen molar-refractivity contribution in [2.75, 3.05) is 0 Å². The summed E-state index contributed by atoms with van der Waals surface area (Å²) in [5, 5.41) is 0. The van der Waals surface area contributed by atoms with E-state index in [0.717, 1.165) is 6.42 Å². The first kappa shape index (κ1) is 39.9. The summed E-state index contributed by atoms with van der Waals surface area (Å²) in [6.07, 6.45) is 11.3. The molecule has 8 rings (SSSR count). The topological polar surface area (TPSA) is 0 Å². The summed E-state index contributed by atoms with van der Waals surface area (Å²) in [5.41, 5.74) is 19.4. The number of benzene rings is 4. The molecule has 0 nitrogen and oxygen atoms in total. The van der Waals surface area contributed by atoms with Crippen molar-refractivity contribution in [1.29, 1.82) is 0 Å². The van der Waals surface area contributed by atoms with Crippen LogP contribution in [0, 0.1) is 11.3 Å². The van der Waals surface area contributed by atoms with Crippen LogP contribution in [0.25, 0.3) is 22.3 Å². The molecule has 4 aromatic rings. The molecule has 4 aliphatic rings. The molecule has 53 heavy (non-hydrogen) atoms. The average Bonchev–Trinajstić information content (AvgIpc) is 3.78. The molecular weight excluding hydrogens is 763 g/mol. The summed E-state index contributed by atoms with van der Waals surface area (Å²) in [7, 11) is 0. The Morgan fingerprint density at radius 3 is 1.83 bits per heavy atom. The second-order valence-corrected chi connectivity index (χ2v) is 23.5. The van der Waals surface area contributed by atoms with Gasteiger partial charge in [-0.3, -0.25) is 0 Å². The largest absolute Gasteiger partial charge is 1.00 e. The minimum absolute atomic E-state index is 0. The van der Waals surface area contributed by atoms with Crippen LogP contribution in [0.3, 0.4) is 0 Å². The Morgan fingerprint density at radius 1 is 0.736 bits per heavy atom. The molecule has 1 atom stereocenters. The minimum Gasteiger partial charge on any atom is -1.00 e. The Morgan fingerprint density at radius 2 is 1.28 bits per heavy atom. The first-order valence-corrected chi connectivity index (χ1v) is 23.0. The Kier molecular flexibility index (Phi) is 10.8. The smallest absolute Gasteiger partial charge is 1.00 e. The van der Waals surface area contributed by atoms with E-state index in [1.807, 2.05) is 0 Å². The SMILES string of the molecule is CCCC1C=C(C(C)(C)C)C=[C]1[Zr+2]([C]1=C(C)c2cc3c(cc2C1(C)C)Cc1cc2c(cc1-3)C(C)=CC2(C)C)=[C](c1ccccc1)c1ccccc1.[Cl-].[Cl-]. The van der Waals surface area contributed by atoms with Crippen LogP contribution in [0.5, 0.6) is 0 Å². The van der Waals surface area contributed by atoms with Crippen LogP contribution in [0.1, 0.15) is 127 Å². The monoisotopic (exact) mass is 814 g/mol. The van der Waals surface area contributed by atoms with E-state index in [-0.39, 0.29) is 41.1 Å². The third-order valence-electron chi connectivity index (χ3n) is 12.4. The number of fused-ring (bicyclic) bond motifs is 5. The standard InChI is InChI=1S/C25H25.C13H10.C12H19.2ClH.Zr/c1-14-12-24(3,4)22-8-16-7-17-9-23-19(15(2)13-25(23,5)6)11-21(17)20(16)10-18(14)22;1-3-7-12(8-4-1)11-13-9-5-2-6-10-13;1-5-6-10-7-8-11(9-10)12(2,3)4;;;/h8-12H,7H2,1-6H3;1-10H;8-10H,5-6H2,1-4H3;2*1H;/q;;;;;+2/p-2. The molecule has 4 aliphatic carbocycles. The van der Waals surface area contributed by atoms with E-state index < -0.39 is 21.3 Å². The predicted octanol–water partition coefficient (Wildman–Crippen LogP) is 7.16. The predicted molar refractivity (Wildman–Crippen MR) is 217 cm³/mol. The van der Waals surface area contributed by atoms with E-state index in [0.29, 0.717) is 5.92 Å². The van der Waals surface area contributed by atoms with Gasteiger partial charge in [0.25, 0.3) is 0 Å². The molecule has 3 heteroatoms. The molecule has 1 unspecified atom stereocenters. The molecule has 0 aromatic heterocycles. The van der Waals surface area contributed by atoms with Gasteiger partial charge in [-0.2, -0.15) is 0 Å². The number of allylic oxidation sites excluding steroid dienone is 8. The molecular formula is C50H54Cl2Zr. The minimum atomic E-state index is -2.90. The fourth-order valence-electron chi connectivity index (χ4n) is 9.89. The number of rotatable bonds is 6.